The van der Waals surface area contributed by atoms with Crippen LogP contribution in [0.2, 0.25) is 0 Å². The lowest BCUT2D eigenvalue weighted by molar-refractivity contribution is 0.683. The van der Waals surface area contributed by atoms with Gasteiger partial charge in [-0.15, -0.1) is 21.5 Å². The van der Waals surface area contributed by atoms with Crippen LogP contribution in [0, 0.1) is 6.92 Å². The van der Waals surface area contributed by atoms with Gasteiger partial charge in [-0.1, -0.05) is 6.92 Å². The van der Waals surface area contributed by atoms with E-state index in [-0.39, 0.29) is 0 Å². The lowest BCUT2D eigenvalue weighted by Crippen LogP contribution is -1.96. The Balaban J connectivity index is 2.40. The van der Waals surface area contributed by atoms with Crippen molar-refractivity contribution in [2.75, 3.05) is 0 Å². The van der Waals surface area contributed by atoms with E-state index in [0.29, 0.717) is 0 Å². The summed E-state index contributed by atoms with van der Waals surface area (Å²) in [4.78, 5) is 1.17. The predicted octanol–water partition coefficient (Wildman–Crippen LogP) is 3.49. The second kappa shape index (κ2) is 4.45. The Bertz CT molecular complexity index is 441. The van der Waals surface area contributed by atoms with E-state index in [0.717, 1.165) is 18.8 Å². The fourth-order valence-electron chi connectivity index (χ4n) is 1.42. The van der Waals surface area contributed by atoms with Gasteiger partial charge < -0.3 is 4.57 Å². The van der Waals surface area contributed by atoms with Gasteiger partial charge in [0, 0.05) is 6.54 Å². The first-order valence-corrected chi connectivity index (χ1v) is 6.47. The molecule has 5 heteroatoms. The van der Waals surface area contributed by atoms with Crippen molar-refractivity contribution in [2.45, 2.75) is 26.8 Å². The molecule has 2 aromatic heterocycles. The summed E-state index contributed by atoms with van der Waals surface area (Å²) in [5.74, 6) is 0.968. The van der Waals surface area contributed by atoms with Crippen LogP contribution in [0.4, 0.5) is 0 Å². The van der Waals surface area contributed by atoms with E-state index in [1.165, 1.54) is 14.2 Å². The van der Waals surface area contributed by atoms with E-state index < -0.39 is 0 Å². The smallest absolute Gasteiger partial charge is 0.173 e. The molecule has 2 aromatic rings. The molecule has 0 saturated heterocycles. The Labute approximate surface area is 101 Å². The SMILES string of the molecule is CCCn1cnnc1-c1cc(C)c(Br)s1. The number of halogens is 1. The third kappa shape index (κ3) is 2.13. The molecule has 3 nitrogen and oxygen atoms in total. The second-order valence-corrected chi connectivity index (χ2v) is 5.79. The fraction of sp³-hybridized carbons (Fsp3) is 0.400. The molecule has 0 aliphatic heterocycles. The topological polar surface area (TPSA) is 30.7 Å². The molecule has 2 rings (SSSR count). The molecule has 0 spiro atoms. The van der Waals surface area contributed by atoms with E-state index >= 15 is 0 Å². The van der Waals surface area contributed by atoms with Gasteiger partial charge in [0.05, 0.1) is 8.66 Å². The van der Waals surface area contributed by atoms with Crippen LogP contribution >= 0.6 is 27.3 Å². The number of thiophene rings is 1. The average Bonchev–Trinajstić information content (AvgIpc) is 2.76. The van der Waals surface area contributed by atoms with Gasteiger partial charge in [0.2, 0.25) is 0 Å². The van der Waals surface area contributed by atoms with E-state index in [1.54, 1.807) is 17.7 Å². The number of hydrogen-bond donors (Lipinski definition) is 0. The zero-order valence-electron chi connectivity index (χ0n) is 8.70. The second-order valence-electron chi connectivity index (χ2n) is 3.42. The third-order valence-corrected chi connectivity index (χ3v) is 4.29. The zero-order chi connectivity index (χ0) is 10.8. The van der Waals surface area contributed by atoms with Crippen molar-refractivity contribution in [1.29, 1.82) is 0 Å². The quantitative estimate of drug-likeness (QED) is 0.864. The van der Waals surface area contributed by atoms with Crippen LogP contribution < -0.4 is 0 Å². The normalized spacial score (nSPS) is 10.9. The molecule has 0 saturated carbocycles. The molecule has 0 atom stereocenters. The molecular formula is C10H12BrN3S. The van der Waals surface area contributed by atoms with Crippen LogP contribution in [0.5, 0.6) is 0 Å². The Morgan fingerprint density at radius 3 is 2.93 bits per heavy atom. The fourth-order valence-corrected chi connectivity index (χ4v) is 2.96. The summed E-state index contributed by atoms with van der Waals surface area (Å²) in [6, 6.07) is 2.14. The monoisotopic (exact) mass is 285 g/mol. The van der Waals surface area contributed by atoms with Crippen molar-refractivity contribution >= 4 is 27.3 Å². The molecule has 0 N–H and O–H groups in total. The van der Waals surface area contributed by atoms with Crippen molar-refractivity contribution < 1.29 is 0 Å². The summed E-state index contributed by atoms with van der Waals surface area (Å²) >= 11 is 5.23. The molecule has 0 amide bonds. The summed E-state index contributed by atoms with van der Waals surface area (Å²) in [7, 11) is 0. The van der Waals surface area contributed by atoms with Crippen molar-refractivity contribution in [3.8, 4) is 10.7 Å². The van der Waals surface area contributed by atoms with E-state index in [9.17, 15) is 0 Å². The third-order valence-electron chi connectivity index (χ3n) is 2.16. The van der Waals surface area contributed by atoms with Crippen LogP contribution in [-0.4, -0.2) is 14.8 Å². The first-order chi connectivity index (χ1) is 7.22. The van der Waals surface area contributed by atoms with E-state index in [1.807, 2.05) is 0 Å². The molecule has 2 heterocycles. The standard InChI is InChI=1S/C10H12BrN3S/c1-3-4-14-6-12-13-10(14)8-5-7(2)9(11)15-8/h5-6H,3-4H2,1-2H3. The minimum Gasteiger partial charge on any atom is -0.313 e. The summed E-state index contributed by atoms with van der Waals surface area (Å²) < 4.78 is 3.26. The molecule has 0 fully saturated rings. The lowest BCUT2D eigenvalue weighted by atomic mass is 10.3. The summed E-state index contributed by atoms with van der Waals surface area (Å²) in [5.41, 5.74) is 1.25. The molecule has 15 heavy (non-hydrogen) atoms. The average molecular weight is 286 g/mol. The largest absolute Gasteiger partial charge is 0.313 e. The van der Waals surface area contributed by atoms with Crippen LogP contribution in [0.15, 0.2) is 16.2 Å². The molecule has 80 valence electrons. The highest BCUT2D eigenvalue weighted by Crippen LogP contribution is 2.33. The Morgan fingerprint density at radius 1 is 1.53 bits per heavy atom. The van der Waals surface area contributed by atoms with Gasteiger partial charge in [0.25, 0.3) is 0 Å². The molecular weight excluding hydrogens is 274 g/mol. The Hall–Kier alpha value is -0.680. The van der Waals surface area contributed by atoms with Crippen LogP contribution in [0.25, 0.3) is 10.7 Å². The summed E-state index contributed by atoms with van der Waals surface area (Å²) in [6.07, 6.45) is 2.89. The van der Waals surface area contributed by atoms with E-state index in [2.05, 4.69) is 50.6 Å². The maximum atomic E-state index is 4.16. The first-order valence-electron chi connectivity index (χ1n) is 4.86. The maximum Gasteiger partial charge on any atom is 0.173 e. The molecule has 0 aliphatic rings. The summed E-state index contributed by atoms with van der Waals surface area (Å²) in [6.45, 7) is 5.21. The minimum absolute atomic E-state index is 0.968. The maximum absolute atomic E-state index is 4.16. The van der Waals surface area contributed by atoms with Crippen molar-refractivity contribution in [3.05, 3.63) is 21.7 Å². The van der Waals surface area contributed by atoms with Gasteiger partial charge in [0.15, 0.2) is 5.82 Å². The molecule has 0 aromatic carbocycles. The highest BCUT2D eigenvalue weighted by molar-refractivity contribution is 9.11. The highest BCUT2D eigenvalue weighted by Gasteiger charge is 2.11. The highest BCUT2D eigenvalue weighted by atomic mass is 79.9. The first kappa shape index (κ1) is 10.8. The van der Waals surface area contributed by atoms with Gasteiger partial charge in [0.1, 0.15) is 6.33 Å². The molecule has 0 aliphatic carbocycles. The molecule has 0 bridgehead atoms. The van der Waals surface area contributed by atoms with Crippen LogP contribution in [-0.2, 0) is 6.54 Å². The van der Waals surface area contributed by atoms with Crippen molar-refractivity contribution in [1.82, 2.24) is 14.8 Å². The minimum atomic E-state index is 0.968. The van der Waals surface area contributed by atoms with Gasteiger partial charge in [-0.25, -0.2) is 0 Å². The molecule has 0 radical (unpaired) electrons. The number of hydrogen-bond acceptors (Lipinski definition) is 3. The Kier molecular flexibility index (Phi) is 3.21. The van der Waals surface area contributed by atoms with E-state index in [4.69, 9.17) is 0 Å². The van der Waals surface area contributed by atoms with Gasteiger partial charge in [-0.3, -0.25) is 0 Å². The van der Waals surface area contributed by atoms with Crippen molar-refractivity contribution in [2.24, 2.45) is 0 Å². The number of rotatable bonds is 3. The number of aryl methyl sites for hydroxylation is 2. The lowest BCUT2D eigenvalue weighted by Gasteiger charge is -2.01. The van der Waals surface area contributed by atoms with Gasteiger partial charge >= 0.3 is 0 Å². The van der Waals surface area contributed by atoms with Gasteiger partial charge in [-0.2, -0.15) is 0 Å². The predicted molar refractivity (Wildman–Crippen MR) is 66.1 cm³/mol. The zero-order valence-corrected chi connectivity index (χ0v) is 11.1. The van der Waals surface area contributed by atoms with Gasteiger partial charge in [-0.05, 0) is 40.9 Å². The molecule has 0 unspecified atom stereocenters. The Morgan fingerprint density at radius 2 is 2.33 bits per heavy atom. The van der Waals surface area contributed by atoms with Crippen molar-refractivity contribution in [3.63, 3.8) is 0 Å². The summed E-state index contributed by atoms with van der Waals surface area (Å²) in [5, 5.41) is 8.12. The van der Waals surface area contributed by atoms with Crippen LogP contribution in [0.1, 0.15) is 18.9 Å². The number of aromatic nitrogens is 3. The van der Waals surface area contributed by atoms with Crippen LogP contribution in [0.3, 0.4) is 0 Å². The number of nitrogens with zero attached hydrogens (tertiary/aromatic N) is 3.